The zero-order chi connectivity index (χ0) is 35.2. The van der Waals surface area contributed by atoms with Gasteiger partial charge in [-0.15, -0.1) is 0 Å². The van der Waals surface area contributed by atoms with Gasteiger partial charge in [0.2, 0.25) is 11.5 Å². The lowest BCUT2D eigenvalue weighted by molar-refractivity contribution is 0.282. The van der Waals surface area contributed by atoms with Gasteiger partial charge in [0.1, 0.15) is 11.5 Å². The van der Waals surface area contributed by atoms with E-state index in [1.54, 1.807) is 35.5 Å². The Hall–Kier alpha value is -4.72. The first kappa shape index (κ1) is 53.1. The van der Waals surface area contributed by atoms with Crippen LogP contribution in [0.2, 0.25) is 0 Å². The molecule has 0 saturated heterocycles. The summed E-state index contributed by atoms with van der Waals surface area (Å²) in [6, 6.07) is 23.7. The lowest BCUT2D eigenvalue weighted by Gasteiger charge is -2.14. The summed E-state index contributed by atoms with van der Waals surface area (Å²) in [5.74, 6) is 6.04. The van der Waals surface area contributed by atoms with Crippen molar-refractivity contribution in [3.05, 3.63) is 95.1 Å². The average molecular weight is 715 g/mol. The van der Waals surface area contributed by atoms with Crippen molar-refractivity contribution in [3.63, 3.8) is 0 Å². The van der Waals surface area contributed by atoms with Gasteiger partial charge in [-0.25, -0.2) is 0 Å². The molecule has 0 N–H and O–H groups in total. The second-order valence-electron chi connectivity index (χ2n) is 10.1. The molecule has 8 nitrogen and oxygen atoms in total. The van der Waals surface area contributed by atoms with Crippen molar-refractivity contribution in [2.75, 3.05) is 55.4 Å². The largest absolute Gasteiger partial charge is 0.497 e. The van der Waals surface area contributed by atoms with Crippen molar-refractivity contribution < 1.29 is 37.9 Å². The molecule has 0 unspecified atom stereocenters. The van der Waals surface area contributed by atoms with Crippen molar-refractivity contribution in [2.24, 2.45) is 0 Å². The highest BCUT2D eigenvalue weighted by Crippen LogP contribution is 2.39. The third-order valence-corrected chi connectivity index (χ3v) is 6.37. The third kappa shape index (κ3) is 19.3. The predicted octanol–water partition coefficient (Wildman–Crippen LogP) is 11.8. The van der Waals surface area contributed by atoms with Crippen LogP contribution in [0.3, 0.4) is 0 Å². The number of ether oxygens (including phenoxy) is 8. The predicted molar refractivity (Wildman–Crippen MR) is 218 cm³/mol. The van der Waals surface area contributed by atoms with E-state index in [0.29, 0.717) is 36.2 Å². The highest BCUT2D eigenvalue weighted by Gasteiger charge is 2.12. The molecule has 4 aromatic carbocycles. The van der Waals surface area contributed by atoms with Gasteiger partial charge in [0.15, 0.2) is 23.0 Å². The summed E-state index contributed by atoms with van der Waals surface area (Å²) in [7, 11) is 8.10. The molecule has 0 spiro atoms. The van der Waals surface area contributed by atoms with Crippen molar-refractivity contribution in [2.45, 2.75) is 78.2 Å². The normalized spacial score (nSPS) is 8.78. The number of benzene rings is 4. The molecule has 4 rings (SSSR count). The molecular formula is C43H70O8. The van der Waals surface area contributed by atoms with Crippen LogP contribution in [-0.2, 0) is 0 Å². The second kappa shape index (κ2) is 30.1. The van der Waals surface area contributed by atoms with Crippen molar-refractivity contribution >= 4 is 0 Å². The average Bonchev–Trinajstić information content (AvgIpc) is 3.07. The molecule has 0 aliphatic heterocycles. The van der Waals surface area contributed by atoms with Crippen molar-refractivity contribution in [1.29, 1.82) is 0 Å². The molecule has 0 aliphatic rings. The SMILES string of the molecule is C.C.C.C.CCOc1cc(C)cc(OCC)c1OC.CCOc1ccc(C)cc1.COc1cc(C)cc(OC)c1OC.COc1ccc(C)cc1. The second-order valence-corrected chi connectivity index (χ2v) is 10.1. The Morgan fingerprint density at radius 3 is 0.961 bits per heavy atom. The van der Waals surface area contributed by atoms with Gasteiger partial charge in [-0.1, -0.05) is 65.1 Å². The summed E-state index contributed by atoms with van der Waals surface area (Å²) in [6.07, 6.45) is 0. The monoisotopic (exact) mass is 715 g/mol. The maximum Gasteiger partial charge on any atom is 0.203 e. The fourth-order valence-corrected chi connectivity index (χ4v) is 4.12. The Morgan fingerprint density at radius 2 is 0.667 bits per heavy atom. The Labute approximate surface area is 311 Å². The minimum Gasteiger partial charge on any atom is -0.497 e. The Balaban J connectivity index is -0.000000286. The van der Waals surface area contributed by atoms with Crippen LogP contribution in [0, 0.1) is 27.7 Å². The maximum absolute atomic E-state index is 5.49. The van der Waals surface area contributed by atoms with Gasteiger partial charge in [-0.05, 0) is 108 Å². The van der Waals surface area contributed by atoms with Gasteiger partial charge in [0.25, 0.3) is 0 Å². The van der Waals surface area contributed by atoms with Gasteiger partial charge in [0, 0.05) is 0 Å². The summed E-state index contributed by atoms with van der Waals surface area (Å²) in [6.45, 7) is 16.0. The minimum atomic E-state index is 0. The summed E-state index contributed by atoms with van der Waals surface area (Å²) >= 11 is 0. The van der Waals surface area contributed by atoms with E-state index in [4.69, 9.17) is 37.9 Å². The molecule has 0 saturated carbocycles. The topological polar surface area (TPSA) is 73.8 Å². The molecule has 0 radical (unpaired) electrons. The van der Waals surface area contributed by atoms with Crippen LogP contribution in [-0.4, -0.2) is 55.4 Å². The van der Waals surface area contributed by atoms with E-state index in [1.165, 1.54) is 11.1 Å². The number of hydrogen-bond donors (Lipinski definition) is 0. The molecule has 8 heteroatoms. The number of methoxy groups -OCH3 is 5. The number of rotatable bonds is 11. The quantitative estimate of drug-likeness (QED) is 0.152. The Morgan fingerprint density at radius 1 is 0.353 bits per heavy atom. The lowest BCUT2D eigenvalue weighted by atomic mass is 10.2. The fraction of sp³-hybridized carbons (Fsp3) is 0.442. The molecule has 290 valence electrons. The summed E-state index contributed by atoms with van der Waals surface area (Å²) in [5, 5.41) is 0. The molecule has 0 fully saturated rings. The highest BCUT2D eigenvalue weighted by atomic mass is 16.5. The fourth-order valence-electron chi connectivity index (χ4n) is 4.12. The molecule has 0 bridgehead atoms. The summed E-state index contributed by atoms with van der Waals surface area (Å²) in [5.41, 5.74) is 4.71. The maximum atomic E-state index is 5.49. The van der Waals surface area contributed by atoms with E-state index in [1.807, 2.05) is 107 Å². The third-order valence-electron chi connectivity index (χ3n) is 6.37. The van der Waals surface area contributed by atoms with Crippen LogP contribution in [0.5, 0.6) is 46.0 Å². The van der Waals surface area contributed by atoms with E-state index < -0.39 is 0 Å². The first-order valence-corrected chi connectivity index (χ1v) is 15.6. The smallest absolute Gasteiger partial charge is 0.203 e. The molecule has 0 atom stereocenters. The number of hydrogen-bond acceptors (Lipinski definition) is 8. The van der Waals surface area contributed by atoms with Gasteiger partial charge in [-0.2, -0.15) is 0 Å². The van der Waals surface area contributed by atoms with Crippen molar-refractivity contribution in [3.8, 4) is 46.0 Å². The zero-order valence-corrected chi connectivity index (χ0v) is 30.3. The van der Waals surface area contributed by atoms with Crippen LogP contribution < -0.4 is 37.9 Å². The van der Waals surface area contributed by atoms with Crippen LogP contribution in [0.25, 0.3) is 0 Å². The lowest BCUT2D eigenvalue weighted by Crippen LogP contribution is -2.00. The molecule has 0 aromatic heterocycles. The highest BCUT2D eigenvalue weighted by molar-refractivity contribution is 5.54. The van der Waals surface area contributed by atoms with Crippen LogP contribution in [0.1, 0.15) is 72.7 Å². The molecule has 0 aliphatic carbocycles. The van der Waals surface area contributed by atoms with E-state index in [2.05, 4.69) is 13.8 Å². The summed E-state index contributed by atoms with van der Waals surface area (Å²) in [4.78, 5) is 0. The molecular weight excluding hydrogens is 644 g/mol. The standard InChI is InChI=1S/C12H18O3.C10H14O3.C9H12O.C8H10O.4CH4/c1-5-14-10-7-9(3)8-11(15-6-2)12(10)13-4;1-7-5-8(11-2)10(13-4)9(6-7)12-3;1-3-10-9-6-4-8(2)5-7-9;1-7-3-5-8(9-2)6-4-7;;;;/h7-8H,5-6H2,1-4H3;5-6H,1-4H3;4-7H,3H2,1-2H3;3-6H,1-2H3;4*1H4. The summed E-state index contributed by atoms with van der Waals surface area (Å²) < 4.78 is 42.0. The van der Waals surface area contributed by atoms with Crippen molar-refractivity contribution in [1.82, 2.24) is 0 Å². The van der Waals surface area contributed by atoms with Crippen LogP contribution in [0.15, 0.2) is 72.8 Å². The van der Waals surface area contributed by atoms with Crippen LogP contribution >= 0.6 is 0 Å². The Kier molecular flexibility index (Phi) is 31.4. The van der Waals surface area contributed by atoms with Gasteiger partial charge in [-0.3, -0.25) is 0 Å². The Bertz CT molecular complexity index is 1370. The van der Waals surface area contributed by atoms with Crippen LogP contribution in [0.4, 0.5) is 0 Å². The molecule has 0 heterocycles. The first-order chi connectivity index (χ1) is 22.6. The van der Waals surface area contributed by atoms with E-state index in [9.17, 15) is 0 Å². The van der Waals surface area contributed by atoms with Gasteiger partial charge < -0.3 is 37.9 Å². The van der Waals surface area contributed by atoms with Gasteiger partial charge in [0.05, 0.1) is 55.4 Å². The van der Waals surface area contributed by atoms with E-state index in [0.717, 1.165) is 40.7 Å². The molecule has 51 heavy (non-hydrogen) atoms. The zero-order valence-electron chi connectivity index (χ0n) is 30.3. The minimum absolute atomic E-state index is 0. The van der Waals surface area contributed by atoms with E-state index in [-0.39, 0.29) is 29.7 Å². The van der Waals surface area contributed by atoms with Gasteiger partial charge >= 0.3 is 0 Å². The number of aryl methyl sites for hydroxylation is 4. The van der Waals surface area contributed by atoms with E-state index >= 15 is 0 Å². The molecule has 4 aromatic rings. The first-order valence-electron chi connectivity index (χ1n) is 15.6. The molecule has 0 amide bonds.